The molecule has 0 aliphatic carbocycles. The Bertz CT molecular complexity index is 410. The molecule has 1 saturated heterocycles. The zero-order chi connectivity index (χ0) is 13.0. The number of pyridine rings is 1. The highest BCUT2D eigenvalue weighted by molar-refractivity contribution is 9.10. The number of carboxylic acid groups (broad SMARTS) is 1. The lowest BCUT2D eigenvalue weighted by Gasteiger charge is -2.31. The number of aromatic nitrogens is 1. The Morgan fingerprint density at radius 2 is 2.44 bits per heavy atom. The van der Waals surface area contributed by atoms with Gasteiger partial charge in [0, 0.05) is 30.3 Å². The molecule has 1 atom stereocenters. The molecule has 5 nitrogen and oxygen atoms in total. The van der Waals surface area contributed by atoms with E-state index in [1.54, 1.807) is 6.20 Å². The molecule has 0 radical (unpaired) electrons. The second-order valence-electron chi connectivity index (χ2n) is 4.29. The third-order valence-electron chi connectivity index (χ3n) is 2.80. The number of ether oxygens (including phenoxy) is 1. The Balaban J connectivity index is 1.89. The lowest BCUT2D eigenvalue weighted by atomic mass is 10.2. The number of hydrogen-bond donors (Lipinski definition) is 1. The van der Waals surface area contributed by atoms with Crippen molar-refractivity contribution in [1.29, 1.82) is 0 Å². The summed E-state index contributed by atoms with van der Waals surface area (Å²) in [7, 11) is 0. The molecule has 1 N–H and O–H groups in total. The van der Waals surface area contributed by atoms with E-state index in [9.17, 15) is 4.79 Å². The van der Waals surface area contributed by atoms with Gasteiger partial charge in [0.05, 0.1) is 24.8 Å². The van der Waals surface area contributed by atoms with Gasteiger partial charge in [-0.25, -0.2) is 0 Å². The highest BCUT2D eigenvalue weighted by atomic mass is 79.9. The van der Waals surface area contributed by atoms with Crippen LogP contribution in [0.25, 0.3) is 0 Å². The molecular weight excluding hydrogens is 300 g/mol. The van der Waals surface area contributed by atoms with E-state index in [-0.39, 0.29) is 12.5 Å². The van der Waals surface area contributed by atoms with Gasteiger partial charge in [0.2, 0.25) is 0 Å². The molecule has 2 rings (SSSR count). The topological polar surface area (TPSA) is 62.7 Å². The van der Waals surface area contributed by atoms with Crippen molar-refractivity contribution in [2.75, 3.05) is 19.7 Å². The van der Waals surface area contributed by atoms with Crippen LogP contribution in [0.3, 0.4) is 0 Å². The van der Waals surface area contributed by atoms with Gasteiger partial charge in [0.15, 0.2) is 0 Å². The van der Waals surface area contributed by atoms with Crippen LogP contribution in [0.1, 0.15) is 12.1 Å². The highest BCUT2D eigenvalue weighted by Gasteiger charge is 2.22. The van der Waals surface area contributed by atoms with Crippen LogP contribution in [-0.2, 0) is 16.1 Å². The minimum atomic E-state index is -0.816. The Labute approximate surface area is 114 Å². The number of carbonyl (C=O) groups is 1. The van der Waals surface area contributed by atoms with Crippen LogP contribution in [0.4, 0.5) is 0 Å². The average molecular weight is 315 g/mol. The molecule has 1 aromatic rings. The average Bonchev–Trinajstić information content (AvgIpc) is 2.32. The number of halogens is 1. The van der Waals surface area contributed by atoms with Gasteiger partial charge in [0.25, 0.3) is 0 Å². The first kappa shape index (κ1) is 13.5. The van der Waals surface area contributed by atoms with Gasteiger partial charge in [0.1, 0.15) is 0 Å². The van der Waals surface area contributed by atoms with Gasteiger partial charge in [-0.05, 0) is 28.1 Å². The fourth-order valence-corrected chi connectivity index (χ4v) is 2.21. The summed E-state index contributed by atoms with van der Waals surface area (Å²) in [5.41, 5.74) is 0.981. The molecule has 0 bridgehead atoms. The van der Waals surface area contributed by atoms with Crippen LogP contribution in [-0.4, -0.2) is 46.8 Å². The van der Waals surface area contributed by atoms with E-state index < -0.39 is 5.97 Å². The molecule has 0 amide bonds. The minimum Gasteiger partial charge on any atom is -0.481 e. The van der Waals surface area contributed by atoms with Crippen molar-refractivity contribution in [2.24, 2.45) is 0 Å². The van der Waals surface area contributed by atoms with Gasteiger partial charge < -0.3 is 9.84 Å². The molecule has 18 heavy (non-hydrogen) atoms. The van der Waals surface area contributed by atoms with E-state index in [2.05, 4.69) is 25.8 Å². The van der Waals surface area contributed by atoms with Crippen molar-refractivity contribution in [2.45, 2.75) is 19.1 Å². The maximum atomic E-state index is 10.7. The molecule has 0 saturated carbocycles. The third kappa shape index (κ3) is 4.04. The predicted molar refractivity (Wildman–Crippen MR) is 69.2 cm³/mol. The fourth-order valence-electron chi connectivity index (χ4n) is 1.97. The molecule has 1 aliphatic rings. The number of aliphatic carboxylic acids is 1. The maximum absolute atomic E-state index is 10.7. The molecule has 2 heterocycles. The first-order valence-electron chi connectivity index (χ1n) is 5.79. The molecule has 1 aliphatic heterocycles. The van der Waals surface area contributed by atoms with Crippen molar-refractivity contribution in [3.63, 3.8) is 0 Å². The summed E-state index contributed by atoms with van der Waals surface area (Å²) < 4.78 is 6.38. The van der Waals surface area contributed by atoms with Crippen molar-refractivity contribution in [3.05, 3.63) is 28.5 Å². The Kier molecular flexibility index (Phi) is 4.68. The lowest BCUT2D eigenvalue weighted by molar-refractivity contribution is -0.142. The summed E-state index contributed by atoms with van der Waals surface area (Å²) in [5, 5.41) is 8.76. The van der Waals surface area contributed by atoms with Gasteiger partial charge in [-0.3, -0.25) is 14.7 Å². The van der Waals surface area contributed by atoms with Crippen LogP contribution in [0.5, 0.6) is 0 Å². The van der Waals surface area contributed by atoms with Gasteiger partial charge in [-0.15, -0.1) is 0 Å². The molecule has 1 fully saturated rings. The Morgan fingerprint density at radius 3 is 3.11 bits per heavy atom. The number of hydrogen-bond acceptors (Lipinski definition) is 4. The molecule has 1 unspecified atom stereocenters. The summed E-state index contributed by atoms with van der Waals surface area (Å²) in [6.45, 7) is 2.76. The second-order valence-corrected chi connectivity index (χ2v) is 5.21. The van der Waals surface area contributed by atoms with Crippen molar-refractivity contribution < 1.29 is 14.6 Å². The first-order valence-corrected chi connectivity index (χ1v) is 6.59. The normalized spacial score (nSPS) is 20.8. The van der Waals surface area contributed by atoms with Crippen molar-refractivity contribution >= 4 is 21.9 Å². The largest absolute Gasteiger partial charge is 0.481 e. The van der Waals surface area contributed by atoms with E-state index in [0.717, 1.165) is 23.3 Å². The van der Waals surface area contributed by atoms with E-state index in [4.69, 9.17) is 9.84 Å². The zero-order valence-corrected chi connectivity index (χ0v) is 11.5. The van der Waals surface area contributed by atoms with Crippen LogP contribution in [0, 0.1) is 0 Å². The maximum Gasteiger partial charge on any atom is 0.306 e. The third-order valence-corrected chi connectivity index (χ3v) is 3.27. The van der Waals surface area contributed by atoms with E-state index in [0.29, 0.717) is 13.2 Å². The van der Waals surface area contributed by atoms with Crippen molar-refractivity contribution in [1.82, 2.24) is 9.88 Å². The molecular formula is C12H15BrN2O3. The SMILES string of the molecule is O=C(O)CC1CN(Cc2ccc(Br)cn2)CCO1. The zero-order valence-electron chi connectivity index (χ0n) is 9.88. The lowest BCUT2D eigenvalue weighted by Crippen LogP contribution is -2.42. The molecule has 98 valence electrons. The summed E-state index contributed by atoms with van der Waals surface area (Å²) in [6, 6.07) is 3.92. The molecule has 0 spiro atoms. The van der Waals surface area contributed by atoms with Crippen LogP contribution < -0.4 is 0 Å². The second kappa shape index (κ2) is 6.26. The molecule has 6 heteroatoms. The quantitative estimate of drug-likeness (QED) is 0.913. The highest BCUT2D eigenvalue weighted by Crippen LogP contribution is 2.13. The summed E-state index contributed by atoms with van der Waals surface area (Å²) in [6.07, 6.45) is 1.61. The van der Waals surface area contributed by atoms with E-state index >= 15 is 0 Å². The van der Waals surface area contributed by atoms with Crippen LogP contribution in [0.15, 0.2) is 22.8 Å². The number of nitrogens with zero attached hydrogens (tertiary/aromatic N) is 2. The minimum absolute atomic E-state index is 0.0598. The monoisotopic (exact) mass is 314 g/mol. The Hall–Kier alpha value is -0.980. The summed E-state index contributed by atoms with van der Waals surface area (Å²) in [5.74, 6) is -0.816. The summed E-state index contributed by atoms with van der Waals surface area (Å²) >= 11 is 3.35. The smallest absolute Gasteiger partial charge is 0.306 e. The summed E-state index contributed by atoms with van der Waals surface area (Å²) in [4.78, 5) is 17.1. The fraction of sp³-hybridized carbons (Fsp3) is 0.500. The number of rotatable bonds is 4. The van der Waals surface area contributed by atoms with Crippen LogP contribution >= 0.6 is 15.9 Å². The van der Waals surface area contributed by atoms with Crippen molar-refractivity contribution in [3.8, 4) is 0 Å². The van der Waals surface area contributed by atoms with E-state index in [1.165, 1.54) is 0 Å². The number of carboxylic acids is 1. The van der Waals surface area contributed by atoms with Gasteiger partial charge in [-0.2, -0.15) is 0 Å². The van der Waals surface area contributed by atoms with E-state index in [1.807, 2.05) is 12.1 Å². The Morgan fingerprint density at radius 1 is 1.61 bits per heavy atom. The van der Waals surface area contributed by atoms with Gasteiger partial charge >= 0.3 is 5.97 Å². The molecule has 1 aromatic heterocycles. The number of morpholine rings is 1. The van der Waals surface area contributed by atoms with Crippen LogP contribution in [0.2, 0.25) is 0 Å². The van der Waals surface area contributed by atoms with Gasteiger partial charge in [-0.1, -0.05) is 0 Å². The molecule has 0 aromatic carbocycles. The predicted octanol–water partition coefficient (Wildman–Crippen LogP) is 1.52. The first-order chi connectivity index (χ1) is 8.63. The standard InChI is InChI=1S/C12H15BrN2O3/c13-9-1-2-10(14-6-9)7-15-3-4-18-11(8-15)5-12(16)17/h1-2,6,11H,3-5,7-8H2,(H,16,17).